The summed E-state index contributed by atoms with van der Waals surface area (Å²) in [4.78, 5) is 14.0. The van der Waals surface area contributed by atoms with Gasteiger partial charge in [-0.25, -0.2) is 0 Å². The number of hydrogen-bond donors (Lipinski definition) is 2. The molecule has 27 heavy (non-hydrogen) atoms. The van der Waals surface area contributed by atoms with Gasteiger partial charge in [-0.3, -0.25) is 4.79 Å². The number of rotatable bonds is 4. The van der Waals surface area contributed by atoms with Crippen molar-refractivity contribution in [1.82, 2.24) is 0 Å². The fourth-order valence-electron chi connectivity index (χ4n) is 3.63. The van der Waals surface area contributed by atoms with E-state index in [9.17, 15) is 4.79 Å². The van der Waals surface area contributed by atoms with Gasteiger partial charge < -0.3 is 10.2 Å². The van der Waals surface area contributed by atoms with Crippen LogP contribution in [0.1, 0.15) is 27.0 Å². The van der Waals surface area contributed by atoms with Gasteiger partial charge in [0.1, 0.15) is 13.1 Å². The smallest absolute Gasteiger partial charge is 0.255 e. The number of anilines is 1. The van der Waals surface area contributed by atoms with Gasteiger partial charge in [0.05, 0.1) is 6.54 Å². The van der Waals surface area contributed by atoms with Crippen LogP contribution in [0.4, 0.5) is 5.69 Å². The molecule has 0 fully saturated rings. The van der Waals surface area contributed by atoms with E-state index in [2.05, 4.69) is 57.6 Å². The Morgan fingerprint density at radius 2 is 1.74 bits per heavy atom. The summed E-state index contributed by atoms with van der Waals surface area (Å²) in [7, 11) is 0. The highest BCUT2D eigenvalue weighted by atomic mass is 79.9. The summed E-state index contributed by atoms with van der Waals surface area (Å²) in [5, 5.41) is 2.94. The Hall–Kier alpha value is -2.43. The van der Waals surface area contributed by atoms with Crippen LogP contribution < -0.4 is 10.2 Å². The van der Waals surface area contributed by atoms with E-state index in [1.807, 2.05) is 36.4 Å². The number of nitrogens with one attached hydrogen (secondary N) is 2. The molecule has 0 aromatic heterocycles. The van der Waals surface area contributed by atoms with E-state index in [1.165, 1.54) is 16.7 Å². The molecule has 1 unspecified atom stereocenters. The lowest BCUT2D eigenvalue weighted by Gasteiger charge is -2.26. The zero-order valence-corrected chi connectivity index (χ0v) is 16.6. The molecule has 0 spiro atoms. The van der Waals surface area contributed by atoms with Crippen LogP contribution in [0.25, 0.3) is 0 Å². The van der Waals surface area contributed by atoms with E-state index < -0.39 is 0 Å². The van der Waals surface area contributed by atoms with Crippen LogP contribution in [0.5, 0.6) is 0 Å². The standard InChI is InChI=1S/C23H21BrN2O/c24-21-6-3-7-22(14-21)25-23(27)19-10-8-17(9-11-19)15-26-13-12-18-4-1-2-5-20(18)16-26/h1-11,14H,12-13,15-16H2,(H,25,27)/p+1. The lowest BCUT2D eigenvalue weighted by Crippen LogP contribution is -3.10. The van der Waals surface area contributed by atoms with Crippen molar-refractivity contribution < 1.29 is 9.69 Å². The largest absolute Gasteiger partial charge is 0.327 e. The first-order valence-electron chi connectivity index (χ1n) is 9.23. The van der Waals surface area contributed by atoms with Crippen molar-refractivity contribution in [3.8, 4) is 0 Å². The Bertz CT molecular complexity index is 953. The maximum Gasteiger partial charge on any atom is 0.255 e. The van der Waals surface area contributed by atoms with Gasteiger partial charge in [0.2, 0.25) is 0 Å². The monoisotopic (exact) mass is 421 g/mol. The molecule has 3 aromatic carbocycles. The Kier molecular flexibility index (Phi) is 5.37. The molecule has 0 saturated heterocycles. The number of hydrogen-bond acceptors (Lipinski definition) is 1. The van der Waals surface area contributed by atoms with Gasteiger partial charge in [0.25, 0.3) is 5.91 Å². The predicted molar refractivity (Wildman–Crippen MR) is 112 cm³/mol. The average Bonchev–Trinajstić information content (AvgIpc) is 2.68. The third-order valence-corrected chi connectivity index (χ3v) is 5.55. The molecule has 4 heteroatoms. The predicted octanol–water partition coefficient (Wildman–Crippen LogP) is 3.84. The highest BCUT2D eigenvalue weighted by Crippen LogP contribution is 2.17. The van der Waals surface area contributed by atoms with Crippen molar-refractivity contribution in [3.05, 3.63) is 99.5 Å². The highest BCUT2D eigenvalue weighted by Gasteiger charge is 2.19. The summed E-state index contributed by atoms with van der Waals surface area (Å²) >= 11 is 3.42. The summed E-state index contributed by atoms with van der Waals surface area (Å²) in [5.74, 6) is -0.0844. The van der Waals surface area contributed by atoms with E-state index >= 15 is 0 Å². The van der Waals surface area contributed by atoms with Crippen LogP contribution in [-0.4, -0.2) is 12.5 Å². The molecule has 136 valence electrons. The van der Waals surface area contributed by atoms with E-state index in [0.717, 1.165) is 36.2 Å². The molecule has 0 bridgehead atoms. The van der Waals surface area contributed by atoms with E-state index in [4.69, 9.17) is 0 Å². The highest BCUT2D eigenvalue weighted by molar-refractivity contribution is 9.10. The summed E-state index contributed by atoms with van der Waals surface area (Å²) in [5.41, 5.74) is 5.68. The SMILES string of the molecule is O=C(Nc1cccc(Br)c1)c1ccc(C[NH+]2CCc3ccccc3C2)cc1. The second kappa shape index (κ2) is 8.07. The number of carbonyl (C=O) groups is 1. The molecule has 1 heterocycles. The maximum atomic E-state index is 12.4. The Morgan fingerprint density at radius 1 is 0.963 bits per heavy atom. The van der Waals surface area contributed by atoms with Crippen LogP contribution in [0, 0.1) is 0 Å². The molecule has 3 nitrogen and oxygen atoms in total. The Morgan fingerprint density at radius 3 is 2.52 bits per heavy atom. The summed E-state index contributed by atoms with van der Waals surface area (Å²) in [6.07, 6.45) is 1.14. The minimum absolute atomic E-state index is 0.0844. The third kappa shape index (κ3) is 4.46. The summed E-state index contributed by atoms with van der Waals surface area (Å²) in [6, 6.07) is 24.3. The van der Waals surface area contributed by atoms with Gasteiger partial charge in [0, 0.05) is 33.3 Å². The normalized spacial score (nSPS) is 15.8. The summed E-state index contributed by atoms with van der Waals surface area (Å²) < 4.78 is 0.946. The fourth-order valence-corrected chi connectivity index (χ4v) is 4.03. The lowest BCUT2D eigenvalue weighted by atomic mass is 9.99. The van der Waals surface area contributed by atoms with Gasteiger partial charge >= 0.3 is 0 Å². The number of fused-ring (bicyclic) bond motifs is 1. The first-order chi connectivity index (χ1) is 13.2. The molecule has 0 aliphatic carbocycles. The van der Waals surface area contributed by atoms with Crippen LogP contribution >= 0.6 is 15.9 Å². The zero-order chi connectivity index (χ0) is 18.6. The first-order valence-corrected chi connectivity index (χ1v) is 10.0. The van der Waals surface area contributed by atoms with Crippen molar-refractivity contribution in [1.29, 1.82) is 0 Å². The fraction of sp³-hybridized carbons (Fsp3) is 0.174. The number of carbonyl (C=O) groups excluding carboxylic acids is 1. The molecule has 1 amide bonds. The van der Waals surface area contributed by atoms with Gasteiger partial charge in [-0.1, -0.05) is 58.4 Å². The molecule has 2 N–H and O–H groups in total. The van der Waals surface area contributed by atoms with Crippen LogP contribution in [0.2, 0.25) is 0 Å². The molecule has 0 radical (unpaired) electrons. The molecule has 1 atom stereocenters. The van der Waals surface area contributed by atoms with Gasteiger partial charge in [-0.15, -0.1) is 0 Å². The van der Waals surface area contributed by atoms with E-state index in [1.54, 1.807) is 4.90 Å². The number of halogens is 1. The Balaban J connectivity index is 1.38. The molecule has 0 saturated carbocycles. The molecular weight excluding hydrogens is 400 g/mol. The lowest BCUT2D eigenvalue weighted by molar-refractivity contribution is -0.929. The van der Waals surface area contributed by atoms with Crippen molar-refractivity contribution >= 4 is 27.5 Å². The molecular formula is C23H22BrN2O+. The second-order valence-electron chi connectivity index (χ2n) is 7.03. The van der Waals surface area contributed by atoms with Crippen molar-refractivity contribution in [2.24, 2.45) is 0 Å². The minimum atomic E-state index is -0.0844. The van der Waals surface area contributed by atoms with E-state index in [0.29, 0.717) is 5.56 Å². The topological polar surface area (TPSA) is 33.5 Å². The number of amides is 1. The molecule has 1 aliphatic heterocycles. The molecule has 1 aliphatic rings. The van der Waals surface area contributed by atoms with Crippen LogP contribution in [-0.2, 0) is 19.5 Å². The number of benzene rings is 3. The zero-order valence-electron chi connectivity index (χ0n) is 15.0. The van der Waals surface area contributed by atoms with Crippen LogP contribution in [0.3, 0.4) is 0 Å². The van der Waals surface area contributed by atoms with Crippen LogP contribution in [0.15, 0.2) is 77.3 Å². The van der Waals surface area contributed by atoms with Crippen molar-refractivity contribution in [2.45, 2.75) is 19.5 Å². The summed E-state index contributed by atoms with van der Waals surface area (Å²) in [6.45, 7) is 3.21. The minimum Gasteiger partial charge on any atom is -0.327 e. The Labute approximate surface area is 168 Å². The maximum absolute atomic E-state index is 12.4. The number of quaternary nitrogens is 1. The molecule has 3 aromatic rings. The van der Waals surface area contributed by atoms with E-state index in [-0.39, 0.29) is 5.91 Å². The third-order valence-electron chi connectivity index (χ3n) is 5.06. The second-order valence-corrected chi connectivity index (χ2v) is 7.95. The van der Waals surface area contributed by atoms with Gasteiger partial charge in [-0.2, -0.15) is 0 Å². The molecule has 4 rings (SSSR count). The first kappa shape index (κ1) is 18.0. The average molecular weight is 422 g/mol. The van der Waals surface area contributed by atoms with Crippen molar-refractivity contribution in [3.63, 3.8) is 0 Å². The quantitative estimate of drug-likeness (QED) is 0.658. The van der Waals surface area contributed by atoms with Gasteiger partial charge in [-0.05, 0) is 35.9 Å². The van der Waals surface area contributed by atoms with Gasteiger partial charge in [0.15, 0.2) is 0 Å². The van der Waals surface area contributed by atoms with Crippen molar-refractivity contribution in [2.75, 3.05) is 11.9 Å².